The predicted octanol–water partition coefficient (Wildman–Crippen LogP) is 5.53. The first-order chi connectivity index (χ1) is 20.6. The van der Waals surface area contributed by atoms with E-state index in [0.29, 0.717) is 51.9 Å². The molecule has 0 bridgehead atoms. The number of halogens is 2. The van der Waals surface area contributed by atoms with Gasteiger partial charge in [-0.25, -0.2) is 9.82 Å². The molecule has 0 aliphatic rings. The van der Waals surface area contributed by atoms with Crippen molar-refractivity contribution >= 4 is 41.2 Å². The van der Waals surface area contributed by atoms with Crippen LogP contribution in [-0.2, 0) is 16.0 Å². The molecule has 1 unspecified atom stereocenters. The number of allylic oxidation sites excluding steroid dienone is 1. The molecule has 9 nitrogen and oxygen atoms in total. The van der Waals surface area contributed by atoms with Gasteiger partial charge in [-0.2, -0.15) is 5.10 Å². The standard InChI is InChI=1S/C32H34ClFN4O5/c1-5-7-23-16-21(17-27(42-6-2)30(23)43-19-28(39)36-26-14-12-25(34)13-15-26)18-35-38-32(41)29(20(3)4)37-31(40)22-8-10-24(33)11-9-22/h5,8-18,20,29H,1,6-7,19H2,2-4H3,(H,36,39)(H,37,40)(H,38,41). The summed E-state index contributed by atoms with van der Waals surface area (Å²) in [4.78, 5) is 38.0. The fraction of sp³-hybridized carbons (Fsp3) is 0.250. The summed E-state index contributed by atoms with van der Waals surface area (Å²) in [6.45, 7) is 9.23. The maximum absolute atomic E-state index is 13.2. The largest absolute Gasteiger partial charge is 0.490 e. The summed E-state index contributed by atoms with van der Waals surface area (Å²) < 4.78 is 24.8. The van der Waals surface area contributed by atoms with E-state index < -0.39 is 29.6 Å². The van der Waals surface area contributed by atoms with E-state index in [9.17, 15) is 18.8 Å². The van der Waals surface area contributed by atoms with Crippen molar-refractivity contribution in [2.75, 3.05) is 18.5 Å². The van der Waals surface area contributed by atoms with Crippen LogP contribution in [0.25, 0.3) is 0 Å². The van der Waals surface area contributed by atoms with Gasteiger partial charge in [0.25, 0.3) is 17.7 Å². The van der Waals surface area contributed by atoms with E-state index in [4.69, 9.17) is 21.1 Å². The first-order valence-electron chi connectivity index (χ1n) is 13.6. The molecule has 0 saturated heterocycles. The van der Waals surface area contributed by atoms with Crippen molar-refractivity contribution in [2.45, 2.75) is 33.2 Å². The molecule has 226 valence electrons. The van der Waals surface area contributed by atoms with E-state index in [1.165, 1.54) is 30.5 Å². The Bertz CT molecular complexity index is 1460. The van der Waals surface area contributed by atoms with Gasteiger partial charge < -0.3 is 20.1 Å². The summed E-state index contributed by atoms with van der Waals surface area (Å²) in [5.41, 5.74) is 4.57. The molecule has 0 fully saturated rings. The summed E-state index contributed by atoms with van der Waals surface area (Å²) in [7, 11) is 0. The van der Waals surface area contributed by atoms with Crippen molar-refractivity contribution in [1.82, 2.24) is 10.7 Å². The number of nitrogens with zero attached hydrogens (tertiary/aromatic N) is 1. The Kier molecular flexibility index (Phi) is 12.3. The predicted molar refractivity (Wildman–Crippen MR) is 165 cm³/mol. The highest BCUT2D eigenvalue weighted by atomic mass is 35.5. The molecule has 0 aliphatic carbocycles. The van der Waals surface area contributed by atoms with Crippen LogP contribution < -0.4 is 25.5 Å². The van der Waals surface area contributed by atoms with Crippen molar-refractivity contribution in [3.05, 3.63) is 101 Å². The fourth-order valence-corrected chi connectivity index (χ4v) is 4.09. The van der Waals surface area contributed by atoms with E-state index in [2.05, 4.69) is 27.7 Å². The summed E-state index contributed by atoms with van der Waals surface area (Å²) in [6.07, 6.45) is 3.52. The van der Waals surface area contributed by atoms with Gasteiger partial charge >= 0.3 is 0 Å². The molecule has 0 heterocycles. The van der Waals surface area contributed by atoms with E-state index >= 15 is 0 Å². The molecular formula is C32H34ClFN4O5. The second-order valence-corrected chi connectivity index (χ2v) is 10.1. The molecule has 1 atom stereocenters. The van der Waals surface area contributed by atoms with E-state index in [-0.39, 0.29) is 12.5 Å². The van der Waals surface area contributed by atoms with Crippen LogP contribution in [0.15, 0.2) is 78.4 Å². The van der Waals surface area contributed by atoms with Crippen LogP contribution in [-0.4, -0.2) is 43.2 Å². The Hall–Kier alpha value is -4.70. The maximum atomic E-state index is 13.2. The molecule has 3 rings (SSSR count). The summed E-state index contributed by atoms with van der Waals surface area (Å²) in [6, 6.07) is 14.3. The zero-order chi connectivity index (χ0) is 31.4. The molecule has 3 amide bonds. The SMILES string of the molecule is C=CCc1cc(C=NNC(=O)C(NC(=O)c2ccc(Cl)cc2)C(C)C)cc(OCC)c1OCC(=O)Nc1ccc(F)cc1. The molecule has 3 aromatic carbocycles. The average molecular weight is 609 g/mol. The van der Waals surface area contributed by atoms with Gasteiger partial charge in [0.2, 0.25) is 0 Å². The van der Waals surface area contributed by atoms with Gasteiger partial charge in [-0.15, -0.1) is 6.58 Å². The Morgan fingerprint density at radius 1 is 1.05 bits per heavy atom. The van der Waals surface area contributed by atoms with Crippen LogP contribution in [0.4, 0.5) is 10.1 Å². The maximum Gasteiger partial charge on any atom is 0.262 e. The topological polar surface area (TPSA) is 118 Å². The highest BCUT2D eigenvalue weighted by Gasteiger charge is 2.24. The van der Waals surface area contributed by atoms with Gasteiger partial charge in [0.1, 0.15) is 11.9 Å². The zero-order valence-electron chi connectivity index (χ0n) is 24.2. The number of hydrogen-bond acceptors (Lipinski definition) is 6. The minimum absolute atomic E-state index is 0.216. The summed E-state index contributed by atoms with van der Waals surface area (Å²) in [5.74, 6) is -1.22. The molecular weight excluding hydrogens is 575 g/mol. The lowest BCUT2D eigenvalue weighted by molar-refractivity contribution is -0.124. The van der Waals surface area contributed by atoms with Crippen LogP contribution in [0.2, 0.25) is 5.02 Å². The monoisotopic (exact) mass is 608 g/mol. The summed E-state index contributed by atoms with van der Waals surface area (Å²) in [5, 5.41) is 9.97. The van der Waals surface area contributed by atoms with Gasteiger partial charge in [-0.05, 0) is 85.5 Å². The van der Waals surface area contributed by atoms with Crippen LogP contribution >= 0.6 is 11.6 Å². The van der Waals surface area contributed by atoms with Crippen LogP contribution in [0.1, 0.15) is 42.3 Å². The minimum atomic E-state index is -0.840. The van der Waals surface area contributed by atoms with Gasteiger partial charge in [-0.3, -0.25) is 14.4 Å². The van der Waals surface area contributed by atoms with Crippen molar-refractivity contribution in [1.29, 1.82) is 0 Å². The lowest BCUT2D eigenvalue weighted by Crippen LogP contribution is -2.48. The Labute approximate surface area is 255 Å². The number of carbonyl (C=O) groups excluding carboxylic acids is 3. The molecule has 43 heavy (non-hydrogen) atoms. The highest BCUT2D eigenvalue weighted by Crippen LogP contribution is 2.33. The number of anilines is 1. The minimum Gasteiger partial charge on any atom is -0.490 e. The Balaban J connectivity index is 1.71. The van der Waals surface area contributed by atoms with Gasteiger partial charge in [0.15, 0.2) is 18.1 Å². The number of nitrogens with one attached hydrogen (secondary N) is 3. The molecule has 0 aliphatic heterocycles. The quantitative estimate of drug-likeness (QED) is 0.126. The van der Waals surface area contributed by atoms with Crippen LogP contribution in [0.3, 0.4) is 0 Å². The second kappa shape index (κ2) is 16.1. The average Bonchev–Trinajstić information content (AvgIpc) is 2.97. The van der Waals surface area contributed by atoms with Crippen LogP contribution in [0, 0.1) is 11.7 Å². The van der Waals surface area contributed by atoms with E-state index in [1.807, 2.05) is 20.8 Å². The van der Waals surface area contributed by atoms with Crippen molar-refractivity contribution in [2.24, 2.45) is 11.0 Å². The number of benzene rings is 3. The molecule has 0 aromatic heterocycles. The van der Waals surface area contributed by atoms with Gasteiger partial charge in [0.05, 0.1) is 12.8 Å². The number of amides is 3. The number of rotatable bonds is 14. The lowest BCUT2D eigenvalue weighted by Gasteiger charge is -2.20. The molecule has 0 radical (unpaired) electrons. The lowest BCUT2D eigenvalue weighted by atomic mass is 10.0. The van der Waals surface area contributed by atoms with Crippen molar-refractivity contribution in [3.63, 3.8) is 0 Å². The third-order valence-electron chi connectivity index (χ3n) is 6.02. The van der Waals surface area contributed by atoms with Crippen LogP contribution in [0.5, 0.6) is 11.5 Å². The fourth-order valence-electron chi connectivity index (χ4n) is 3.96. The molecule has 0 saturated carbocycles. The highest BCUT2D eigenvalue weighted by molar-refractivity contribution is 6.30. The van der Waals surface area contributed by atoms with E-state index in [0.717, 1.165) is 0 Å². The number of ether oxygens (including phenoxy) is 2. The second-order valence-electron chi connectivity index (χ2n) is 9.71. The first-order valence-corrected chi connectivity index (χ1v) is 14.0. The van der Waals surface area contributed by atoms with E-state index in [1.54, 1.807) is 42.5 Å². The Morgan fingerprint density at radius 2 is 1.74 bits per heavy atom. The molecule has 3 aromatic rings. The number of hydrogen-bond donors (Lipinski definition) is 3. The summed E-state index contributed by atoms with van der Waals surface area (Å²) >= 11 is 5.90. The zero-order valence-corrected chi connectivity index (χ0v) is 24.9. The third-order valence-corrected chi connectivity index (χ3v) is 6.28. The van der Waals surface area contributed by atoms with Crippen molar-refractivity contribution in [3.8, 4) is 11.5 Å². The number of hydrazone groups is 1. The first kappa shape index (κ1) is 32.8. The van der Waals surface area contributed by atoms with Gasteiger partial charge in [0, 0.05) is 21.8 Å². The molecule has 0 spiro atoms. The van der Waals surface area contributed by atoms with Gasteiger partial charge in [-0.1, -0.05) is 31.5 Å². The normalized spacial score (nSPS) is 11.6. The third kappa shape index (κ3) is 9.96. The number of carbonyl (C=O) groups is 3. The molecule has 3 N–H and O–H groups in total. The molecule has 11 heteroatoms. The van der Waals surface area contributed by atoms with Crippen molar-refractivity contribution < 1.29 is 28.2 Å². The Morgan fingerprint density at radius 3 is 2.37 bits per heavy atom. The smallest absolute Gasteiger partial charge is 0.262 e.